The second-order valence-corrected chi connectivity index (χ2v) is 6.94. The Kier molecular flexibility index (Phi) is 8.22. The SMILES string of the molecule is C[C@@H]1CN[C@H](C(=O)N(CCCN(C)C)CCCN(C)C)C1. The molecule has 0 bridgehead atoms. The minimum Gasteiger partial charge on any atom is -0.341 e. The Morgan fingerprint density at radius 2 is 1.52 bits per heavy atom. The molecule has 21 heavy (non-hydrogen) atoms. The van der Waals surface area contributed by atoms with Gasteiger partial charge in [-0.3, -0.25) is 4.79 Å². The van der Waals surface area contributed by atoms with Crippen molar-refractivity contribution in [3.63, 3.8) is 0 Å². The maximum absolute atomic E-state index is 12.7. The number of nitrogens with zero attached hydrogens (tertiary/aromatic N) is 3. The molecular weight excluding hydrogens is 264 g/mol. The van der Waals surface area contributed by atoms with Gasteiger partial charge in [0, 0.05) is 13.1 Å². The van der Waals surface area contributed by atoms with Crippen LogP contribution in [-0.4, -0.2) is 87.6 Å². The highest BCUT2D eigenvalue weighted by atomic mass is 16.2. The molecule has 1 aliphatic heterocycles. The molecule has 1 heterocycles. The van der Waals surface area contributed by atoms with E-state index in [1.54, 1.807) is 0 Å². The van der Waals surface area contributed by atoms with E-state index in [1.807, 2.05) is 0 Å². The molecular formula is C16H34N4O. The van der Waals surface area contributed by atoms with Crippen LogP contribution in [0.15, 0.2) is 0 Å². The molecule has 1 N–H and O–H groups in total. The second kappa shape index (κ2) is 9.38. The summed E-state index contributed by atoms with van der Waals surface area (Å²) >= 11 is 0. The summed E-state index contributed by atoms with van der Waals surface area (Å²) in [6, 6.07) is 0.0405. The summed E-state index contributed by atoms with van der Waals surface area (Å²) in [7, 11) is 8.33. The van der Waals surface area contributed by atoms with Crippen molar-refractivity contribution in [1.82, 2.24) is 20.0 Å². The molecule has 124 valence electrons. The van der Waals surface area contributed by atoms with Crippen LogP contribution in [0.5, 0.6) is 0 Å². The minimum absolute atomic E-state index is 0.0405. The first kappa shape index (κ1) is 18.4. The van der Waals surface area contributed by atoms with Gasteiger partial charge in [-0.25, -0.2) is 0 Å². The van der Waals surface area contributed by atoms with Crippen molar-refractivity contribution >= 4 is 5.91 Å². The largest absolute Gasteiger partial charge is 0.341 e. The van der Waals surface area contributed by atoms with E-state index in [9.17, 15) is 4.79 Å². The van der Waals surface area contributed by atoms with E-state index >= 15 is 0 Å². The zero-order chi connectivity index (χ0) is 15.8. The van der Waals surface area contributed by atoms with Crippen LogP contribution in [-0.2, 0) is 4.79 Å². The van der Waals surface area contributed by atoms with Gasteiger partial charge >= 0.3 is 0 Å². The van der Waals surface area contributed by atoms with E-state index < -0.39 is 0 Å². The third kappa shape index (κ3) is 7.25. The lowest BCUT2D eigenvalue weighted by atomic mass is 10.1. The van der Waals surface area contributed by atoms with E-state index in [0.29, 0.717) is 11.8 Å². The van der Waals surface area contributed by atoms with Crippen molar-refractivity contribution in [3.05, 3.63) is 0 Å². The van der Waals surface area contributed by atoms with Crippen LogP contribution in [0.4, 0.5) is 0 Å². The van der Waals surface area contributed by atoms with Gasteiger partial charge in [-0.05, 0) is 73.0 Å². The van der Waals surface area contributed by atoms with E-state index in [0.717, 1.165) is 52.0 Å². The normalized spacial score (nSPS) is 22.2. The average Bonchev–Trinajstić information content (AvgIpc) is 2.82. The third-order valence-electron chi connectivity index (χ3n) is 4.03. The molecule has 5 nitrogen and oxygen atoms in total. The van der Waals surface area contributed by atoms with Crippen molar-refractivity contribution in [1.29, 1.82) is 0 Å². The summed E-state index contributed by atoms with van der Waals surface area (Å²) in [6.45, 7) is 6.99. The Hall–Kier alpha value is -0.650. The van der Waals surface area contributed by atoms with Crippen molar-refractivity contribution in [3.8, 4) is 0 Å². The summed E-state index contributed by atoms with van der Waals surface area (Å²) in [4.78, 5) is 19.1. The Bertz CT molecular complexity index is 293. The van der Waals surface area contributed by atoms with Gasteiger partial charge in [-0.2, -0.15) is 0 Å². The molecule has 1 amide bonds. The lowest BCUT2D eigenvalue weighted by Crippen LogP contribution is -2.45. The van der Waals surface area contributed by atoms with E-state index in [4.69, 9.17) is 0 Å². The van der Waals surface area contributed by atoms with Crippen LogP contribution in [0, 0.1) is 5.92 Å². The van der Waals surface area contributed by atoms with Crippen LogP contribution >= 0.6 is 0 Å². The molecule has 0 aromatic carbocycles. The van der Waals surface area contributed by atoms with Crippen LogP contribution < -0.4 is 5.32 Å². The van der Waals surface area contributed by atoms with Gasteiger partial charge in [-0.15, -0.1) is 0 Å². The fourth-order valence-electron chi connectivity index (χ4n) is 2.81. The molecule has 0 aliphatic carbocycles. The van der Waals surface area contributed by atoms with Crippen LogP contribution in [0.1, 0.15) is 26.2 Å². The highest BCUT2D eigenvalue weighted by Crippen LogP contribution is 2.15. The highest BCUT2D eigenvalue weighted by Gasteiger charge is 2.29. The molecule has 1 fully saturated rings. The van der Waals surface area contributed by atoms with Gasteiger partial charge in [0.2, 0.25) is 5.91 Å². The number of nitrogens with one attached hydrogen (secondary N) is 1. The fourth-order valence-corrected chi connectivity index (χ4v) is 2.81. The maximum Gasteiger partial charge on any atom is 0.239 e. The molecule has 1 aliphatic rings. The lowest BCUT2D eigenvalue weighted by molar-refractivity contribution is -0.133. The van der Waals surface area contributed by atoms with Crippen LogP contribution in [0.3, 0.4) is 0 Å². The zero-order valence-electron chi connectivity index (χ0n) is 14.6. The third-order valence-corrected chi connectivity index (χ3v) is 4.03. The van der Waals surface area contributed by atoms with Gasteiger partial charge in [0.05, 0.1) is 6.04 Å². The number of hydrogen-bond donors (Lipinski definition) is 1. The predicted octanol–water partition coefficient (Wildman–Crippen LogP) is 0.716. The molecule has 1 saturated heterocycles. The summed E-state index contributed by atoms with van der Waals surface area (Å²) in [5.41, 5.74) is 0. The zero-order valence-corrected chi connectivity index (χ0v) is 14.6. The predicted molar refractivity (Wildman–Crippen MR) is 88.5 cm³/mol. The van der Waals surface area contributed by atoms with E-state index in [2.05, 4.69) is 55.1 Å². The minimum atomic E-state index is 0.0405. The van der Waals surface area contributed by atoms with Gasteiger partial charge in [-0.1, -0.05) is 6.92 Å². The molecule has 0 aromatic heterocycles. The van der Waals surface area contributed by atoms with Gasteiger partial charge < -0.3 is 20.0 Å². The number of carbonyl (C=O) groups excluding carboxylic acids is 1. The first-order valence-electron chi connectivity index (χ1n) is 8.21. The molecule has 0 aromatic rings. The summed E-state index contributed by atoms with van der Waals surface area (Å²) in [5, 5.41) is 3.37. The van der Waals surface area contributed by atoms with Crippen molar-refractivity contribution < 1.29 is 4.79 Å². The smallest absolute Gasteiger partial charge is 0.239 e. The average molecular weight is 298 g/mol. The van der Waals surface area contributed by atoms with E-state index in [-0.39, 0.29) is 6.04 Å². The first-order chi connectivity index (χ1) is 9.90. The molecule has 0 unspecified atom stereocenters. The number of hydrogen-bond acceptors (Lipinski definition) is 4. The highest BCUT2D eigenvalue weighted by molar-refractivity contribution is 5.82. The first-order valence-corrected chi connectivity index (χ1v) is 8.21. The lowest BCUT2D eigenvalue weighted by Gasteiger charge is -2.27. The summed E-state index contributed by atoms with van der Waals surface area (Å²) < 4.78 is 0. The van der Waals surface area contributed by atoms with Crippen LogP contribution in [0.2, 0.25) is 0 Å². The Morgan fingerprint density at radius 3 is 1.90 bits per heavy atom. The van der Waals surface area contributed by atoms with Gasteiger partial charge in [0.1, 0.15) is 0 Å². The van der Waals surface area contributed by atoms with Crippen LogP contribution in [0.25, 0.3) is 0 Å². The maximum atomic E-state index is 12.7. The Balaban J connectivity index is 2.46. The topological polar surface area (TPSA) is 38.8 Å². The summed E-state index contributed by atoms with van der Waals surface area (Å²) in [6.07, 6.45) is 3.07. The number of amides is 1. The van der Waals surface area contributed by atoms with Crippen molar-refractivity contribution in [2.24, 2.45) is 5.92 Å². The quantitative estimate of drug-likeness (QED) is 0.681. The Morgan fingerprint density at radius 1 is 1.00 bits per heavy atom. The standard InChI is InChI=1S/C16H34N4O/c1-14-12-15(17-13-14)16(21)20(10-6-8-18(2)3)11-7-9-19(4)5/h14-15,17H,6-13H2,1-5H3/t14-,15-/m0/s1. The molecule has 2 atom stereocenters. The Labute approximate surface area is 130 Å². The fraction of sp³-hybridized carbons (Fsp3) is 0.938. The van der Waals surface area contributed by atoms with Crippen molar-refractivity contribution in [2.45, 2.75) is 32.2 Å². The molecule has 1 rings (SSSR count). The summed E-state index contributed by atoms with van der Waals surface area (Å²) in [5.74, 6) is 0.918. The number of rotatable bonds is 9. The van der Waals surface area contributed by atoms with E-state index in [1.165, 1.54) is 0 Å². The van der Waals surface area contributed by atoms with Gasteiger partial charge in [0.15, 0.2) is 0 Å². The number of carbonyl (C=O) groups is 1. The molecule has 0 saturated carbocycles. The van der Waals surface area contributed by atoms with Crippen molar-refractivity contribution in [2.75, 3.05) is 60.9 Å². The van der Waals surface area contributed by atoms with Gasteiger partial charge in [0.25, 0.3) is 0 Å². The molecule has 0 spiro atoms. The second-order valence-electron chi connectivity index (χ2n) is 6.94. The molecule has 5 heteroatoms. The molecule has 0 radical (unpaired) electrons. The monoisotopic (exact) mass is 298 g/mol.